The van der Waals surface area contributed by atoms with Crippen LogP contribution in [0.5, 0.6) is 11.5 Å². The van der Waals surface area contributed by atoms with Gasteiger partial charge in [-0.05, 0) is 80.3 Å². The highest BCUT2D eigenvalue weighted by molar-refractivity contribution is 6.09. The van der Waals surface area contributed by atoms with Gasteiger partial charge in [-0.1, -0.05) is 24.6 Å². The van der Waals surface area contributed by atoms with E-state index >= 15 is 0 Å². The second-order valence-electron chi connectivity index (χ2n) is 10.5. The Hall–Kier alpha value is -3.48. The molecule has 0 spiro atoms. The van der Waals surface area contributed by atoms with E-state index in [1.807, 2.05) is 25.1 Å². The lowest BCUT2D eigenvalue weighted by Gasteiger charge is -2.37. The summed E-state index contributed by atoms with van der Waals surface area (Å²) in [7, 11) is 3.17. The number of nitrogens with zero attached hydrogens (tertiary/aromatic N) is 1. The zero-order valence-corrected chi connectivity index (χ0v) is 22.2. The average Bonchev–Trinajstić information content (AvgIpc) is 2.92. The standard InChI is InChI=1S/C31H34FNO5/c1-18-28(31(35)38-23-7-5-4-6-8-23)29(19-9-12-22(32)13-10-19)30-24(33-18)15-21(16-25(30)34)20-11-14-26(36-2)27(17-20)37-3/h9-14,17,21,23,28-29H,4-8,15-16H2,1-3H3/t21-,28?,29+/m0/s1. The van der Waals surface area contributed by atoms with Gasteiger partial charge in [0.15, 0.2) is 17.3 Å². The van der Waals surface area contributed by atoms with Crippen LogP contribution in [0.1, 0.15) is 74.8 Å². The maximum Gasteiger partial charge on any atom is 0.315 e. The Balaban J connectivity index is 1.51. The van der Waals surface area contributed by atoms with Crippen LogP contribution >= 0.6 is 0 Å². The summed E-state index contributed by atoms with van der Waals surface area (Å²) in [6.07, 6.45) is 5.68. The van der Waals surface area contributed by atoms with E-state index in [2.05, 4.69) is 0 Å². The summed E-state index contributed by atoms with van der Waals surface area (Å²) in [5.74, 6) is -0.899. The van der Waals surface area contributed by atoms with Gasteiger partial charge in [0, 0.05) is 29.3 Å². The summed E-state index contributed by atoms with van der Waals surface area (Å²) in [6.45, 7) is 1.83. The first-order chi connectivity index (χ1) is 18.4. The van der Waals surface area contributed by atoms with E-state index in [-0.39, 0.29) is 36.0 Å². The smallest absolute Gasteiger partial charge is 0.315 e. The van der Waals surface area contributed by atoms with E-state index < -0.39 is 11.8 Å². The summed E-state index contributed by atoms with van der Waals surface area (Å²) >= 11 is 0. The van der Waals surface area contributed by atoms with Gasteiger partial charge in [-0.25, -0.2) is 4.39 Å². The summed E-state index contributed by atoms with van der Waals surface area (Å²) in [5.41, 5.74) is 3.54. The summed E-state index contributed by atoms with van der Waals surface area (Å²) in [6, 6.07) is 11.8. The van der Waals surface area contributed by atoms with Crippen molar-refractivity contribution in [3.63, 3.8) is 0 Å². The van der Waals surface area contributed by atoms with E-state index in [4.69, 9.17) is 19.2 Å². The molecule has 38 heavy (non-hydrogen) atoms. The molecule has 0 N–H and O–H groups in total. The topological polar surface area (TPSA) is 74.2 Å². The van der Waals surface area contributed by atoms with Gasteiger partial charge in [0.2, 0.25) is 0 Å². The highest BCUT2D eigenvalue weighted by Gasteiger charge is 2.45. The van der Waals surface area contributed by atoms with Gasteiger partial charge in [-0.3, -0.25) is 14.6 Å². The van der Waals surface area contributed by atoms with Crippen molar-refractivity contribution in [3.8, 4) is 11.5 Å². The van der Waals surface area contributed by atoms with Crippen LogP contribution in [0, 0.1) is 11.7 Å². The Morgan fingerprint density at radius 1 is 0.921 bits per heavy atom. The number of rotatable bonds is 6. The van der Waals surface area contributed by atoms with Crippen molar-refractivity contribution in [1.82, 2.24) is 0 Å². The molecule has 1 heterocycles. The van der Waals surface area contributed by atoms with E-state index in [1.54, 1.807) is 26.4 Å². The quantitative estimate of drug-likeness (QED) is 0.419. The predicted molar refractivity (Wildman–Crippen MR) is 142 cm³/mol. The third-order valence-corrected chi connectivity index (χ3v) is 8.09. The number of ether oxygens (including phenoxy) is 3. The molecule has 0 aromatic heterocycles. The molecule has 0 bridgehead atoms. The molecule has 3 aliphatic rings. The number of ketones is 1. The van der Waals surface area contributed by atoms with Crippen molar-refractivity contribution in [2.45, 2.75) is 69.8 Å². The molecule has 1 saturated carbocycles. The molecule has 2 aromatic carbocycles. The number of hydrogen-bond donors (Lipinski definition) is 0. The minimum atomic E-state index is -0.720. The maximum absolute atomic E-state index is 13.8. The van der Waals surface area contributed by atoms with E-state index in [9.17, 15) is 14.0 Å². The number of Topliss-reactive ketones (excluding diaryl/α,β-unsaturated/α-hetero) is 1. The number of benzene rings is 2. The predicted octanol–water partition coefficient (Wildman–Crippen LogP) is 6.29. The van der Waals surface area contributed by atoms with Gasteiger partial charge in [0.05, 0.1) is 14.2 Å². The van der Waals surface area contributed by atoms with E-state index in [1.165, 1.54) is 12.1 Å². The SMILES string of the molecule is COc1ccc([C@@H]2CC(=O)C3=C(C2)N=C(C)C(C(=O)OC2CCCCC2)[C@H]3c2ccc(F)cc2)cc1OC. The lowest BCUT2D eigenvalue weighted by Crippen LogP contribution is -2.39. The van der Waals surface area contributed by atoms with E-state index in [0.29, 0.717) is 34.9 Å². The number of carbonyl (C=O) groups is 2. The number of halogens is 1. The zero-order chi connectivity index (χ0) is 26.8. The zero-order valence-electron chi connectivity index (χ0n) is 22.2. The minimum Gasteiger partial charge on any atom is -0.493 e. The van der Waals surface area contributed by atoms with Crippen molar-refractivity contribution in [2.75, 3.05) is 14.2 Å². The Labute approximate surface area is 222 Å². The highest BCUT2D eigenvalue weighted by Crippen LogP contribution is 2.47. The lowest BCUT2D eigenvalue weighted by atomic mass is 9.69. The van der Waals surface area contributed by atoms with Crippen LogP contribution in [0.3, 0.4) is 0 Å². The molecule has 0 amide bonds. The van der Waals surface area contributed by atoms with Crippen LogP contribution in [0.2, 0.25) is 0 Å². The van der Waals surface area contributed by atoms with Crippen LogP contribution in [0.15, 0.2) is 58.7 Å². The van der Waals surface area contributed by atoms with Gasteiger partial charge in [-0.15, -0.1) is 0 Å². The third-order valence-electron chi connectivity index (χ3n) is 8.09. The van der Waals surface area contributed by atoms with Gasteiger partial charge in [0.1, 0.15) is 17.8 Å². The fourth-order valence-corrected chi connectivity index (χ4v) is 6.16. The Morgan fingerprint density at radius 2 is 1.61 bits per heavy atom. The number of aliphatic imine (C=N–C) groups is 1. The number of methoxy groups -OCH3 is 2. The summed E-state index contributed by atoms with van der Waals surface area (Å²) in [4.78, 5) is 32.2. The fourth-order valence-electron chi connectivity index (χ4n) is 6.16. The molecular formula is C31H34FNO5. The van der Waals surface area contributed by atoms with Gasteiger partial charge in [0.25, 0.3) is 0 Å². The Bertz CT molecular complexity index is 1280. The number of carbonyl (C=O) groups excluding carboxylic acids is 2. The molecule has 5 rings (SSSR count). The molecule has 7 heteroatoms. The van der Waals surface area contributed by atoms with Crippen LogP contribution in [-0.2, 0) is 14.3 Å². The second-order valence-corrected chi connectivity index (χ2v) is 10.5. The molecule has 2 aromatic rings. The maximum atomic E-state index is 13.8. The van der Waals surface area contributed by atoms with Crippen molar-refractivity contribution in [1.29, 1.82) is 0 Å². The lowest BCUT2D eigenvalue weighted by molar-refractivity contribution is -0.153. The molecule has 200 valence electrons. The van der Waals surface area contributed by atoms with Crippen LogP contribution < -0.4 is 9.47 Å². The number of allylic oxidation sites excluding steroid dienone is 2. The Morgan fingerprint density at radius 3 is 2.29 bits per heavy atom. The third kappa shape index (κ3) is 5.11. The van der Waals surface area contributed by atoms with E-state index in [0.717, 1.165) is 43.2 Å². The van der Waals surface area contributed by atoms with Crippen molar-refractivity contribution in [3.05, 3.63) is 70.7 Å². The molecule has 0 radical (unpaired) electrons. The first-order valence-electron chi connectivity index (χ1n) is 13.4. The molecule has 3 atom stereocenters. The first kappa shape index (κ1) is 26.1. The molecule has 1 aliphatic heterocycles. The average molecular weight is 520 g/mol. The largest absolute Gasteiger partial charge is 0.493 e. The van der Waals surface area contributed by atoms with Crippen LogP contribution in [-0.4, -0.2) is 37.8 Å². The molecule has 1 unspecified atom stereocenters. The Kier molecular flexibility index (Phi) is 7.63. The molecule has 0 saturated heterocycles. The molecule has 6 nitrogen and oxygen atoms in total. The van der Waals surface area contributed by atoms with Crippen molar-refractivity contribution < 1.29 is 28.2 Å². The first-order valence-corrected chi connectivity index (χ1v) is 13.4. The van der Waals surface area contributed by atoms with Gasteiger partial charge < -0.3 is 14.2 Å². The van der Waals surface area contributed by atoms with Crippen LogP contribution in [0.25, 0.3) is 0 Å². The number of esters is 1. The normalized spacial score (nSPS) is 23.9. The fraction of sp³-hybridized carbons (Fsp3) is 0.452. The minimum absolute atomic E-state index is 0.0490. The molecule has 1 fully saturated rings. The summed E-state index contributed by atoms with van der Waals surface area (Å²) < 4.78 is 30.7. The monoisotopic (exact) mass is 519 g/mol. The molecule has 2 aliphatic carbocycles. The van der Waals surface area contributed by atoms with Crippen molar-refractivity contribution in [2.24, 2.45) is 10.9 Å². The van der Waals surface area contributed by atoms with Crippen LogP contribution in [0.4, 0.5) is 4.39 Å². The summed E-state index contributed by atoms with van der Waals surface area (Å²) in [5, 5.41) is 0. The number of hydrogen-bond acceptors (Lipinski definition) is 6. The van der Waals surface area contributed by atoms with Crippen molar-refractivity contribution >= 4 is 17.5 Å². The highest BCUT2D eigenvalue weighted by atomic mass is 19.1. The van der Waals surface area contributed by atoms with Gasteiger partial charge >= 0.3 is 5.97 Å². The molecular weight excluding hydrogens is 485 g/mol. The van der Waals surface area contributed by atoms with Gasteiger partial charge in [-0.2, -0.15) is 0 Å². The second kappa shape index (κ2) is 11.1.